The van der Waals surface area contributed by atoms with Crippen LogP contribution in [0.5, 0.6) is 0 Å². The predicted molar refractivity (Wildman–Crippen MR) is 51.3 cm³/mol. The molecule has 1 aliphatic carbocycles. The van der Waals surface area contributed by atoms with Crippen LogP contribution in [0.1, 0.15) is 46.0 Å². The van der Waals surface area contributed by atoms with E-state index >= 15 is 0 Å². The van der Waals surface area contributed by atoms with Crippen molar-refractivity contribution >= 4 is 10.4 Å². The minimum absolute atomic E-state index is 0.899. The molecule has 1 N–H and O–H groups in total. The molecular weight excluding hydrogens is 138 g/mol. The fraction of sp³-hybridized carbons (Fsp3) is 1.00. The summed E-state index contributed by atoms with van der Waals surface area (Å²) >= 11 is 0. The van der Waals surface area contributed by atoms with Gasteiger partial charge in [0.15, 0.2) is 0 Å². The zero-order valence-corrected chi connectivity index (χ0v) is 9.61. The van der Waals surface area contributed by atoms with Gasteiger partial charge in [-0.1, -0.05) is 33.1 Å². The standard InChI is InChI=1S/C6H15NSi.C2H6/c8-7-6-4-2-1-3-5-6;1-2/h6-7H,1-5H2,8H3;1-2H3. The minimum Gasteiger partial charge on any atom is -0.343 e. The summed E-state index contributed by atoms with van der Waals surface area (Å²) in [5, 5.41) is 0. The molecule has 2 heteroatoms. The SMILES string of the molecule is CC.[SiH3]NC1CCCCC1. The second-order valence-electron chi connectivity index (χ2n) is 2.62. The van der Waals surface area contributed by atoms with Crippen molar-refractivity contribution in [1.82, 2.24) is 4.98 Å². The quantitative estimate of drug-likeness (QED) is 0.567. The molecule has 1 aliphatic rings. The van der Waals surface area contributed by atoms with E-state index in [0.29, 0.717) is 0 Å². The highest BCUT2D eigenvalue weighted by Crippen LogP contribution is 2.16. The molecule has 0 spiro atoms. The first-order chi connectivity index (χ1) is 4.93. The van der Waals surface area contributed by atoms with Gasteiger partial charge in [0.1, 0.15) is 0 Å². The Morgan fingerprint density at radius 2 is 1.60 bits per heavy atom. The van der Waals surface area contributed by atoms with Gasteiger partial charge in [0, 0.05) is 0 Å². The molecule has 0 radical (unpaired) electrons. The van der Waals surface area contributed by atoms with Crippen molar-refractivity contribution < 1.29 is 0 Å². The van der Waals surface area contributed by atoms with Crippen LogP contribution in [-0.4, -0.2) is 16.4 Å². The summed E-state index contributed by atoms with van der Waals surface area (Å²) in [6, 6.07) is 0.899. The first-order valence-electron chi connectivity index (χ1n) is 4.61. The van der Waals surface area contributed by atoms with E-state index in [1.54, 1.807) is 0 Å². The summed E-state index contributed by atoms with van der Waals surface area (Å²) in [5.74, 6) is 0. The van der Waals surface area contributed by atoms with Gasteiger partial charge in [-0.2, -0.15) is 0 Å². The number of hydrogen-bond acceptors (Lipinski definition) is 1. The zero-order valence-electron chi connectivity index (χ0n) is 7.61. The Balaban J connectivity index is 0.000000371. The Kier molecular flexibility index (Phi) is 7.41. The highest BCUT2D eigenvalue weighted by Gasteiger charge is 2.08. The summed E-state index contributed by atoms with van der Waals surface area (Å²) in [4.78, 5) is 3.44. The maximum atomic E-state index is 3.44. The van der Waals surface area contributed by atoms with Crippen molar-refractivity contribution in [3.63, 3.8) is 0 Å². The lowest BCUT2D eigenvalue weighted by Gasteiger charge is -2.20. The van der Waals surface area contributed by atoms with Gasteiger partial charge in [0.05, 0.1) is 10.4 Å². The maximum absolute atomic E-state index is 3.44. The lowest BCUT2D eigenvalue weighted by atomic mass is 9.96. The Bertz CT molecular complexity index is 60.3. The van der Waals surface area contributed by atoms with Crippen molar-refractivity contribution in [2.45, 2.75) is 52.0 Å². The summed E-state index contributed by atoms with van der Waals surface area (Å²) in [6.07, 6.45) is 7.26. The first-order valence-corrected chi connectivity index (χ1v) is 5.61. The van der Waals surface area contributed by atoms with Gasteiger partial charge in [-0.15, -0.1) is 0 Å². The molecule has 0 unspecified atom stereocenters. The van der Waals surface area contributed by atoms with Crippen molar-refractivity contribution in [2.24, 2.45) is 0 Å². The molecule has 0 heterocycles. The molecule has 10 heavy (non-hydrogen) atoms. The Hall–Kier alpha value is 0.177. The molecule has 1 saturated carbocycles. The lowest BCUT2D eigenvalue weighted by molar-refractivity contribution is 0.420. The van der Waals surface area contributed by atoms with Gasteiger partial charge in [-0.3, -0.25) is 0 Å². The van der Waals surface area contributed by atoms with Crippen LogP contribution in [0, 0.1) is 0 Å². The van der Waals surface area contributed by atoms with Crippen molar-refractivity contribution in [2.75, 3.05) is 0 Å². The third-order valence-electron chi connectivity index (χ3n) is 2.01. The Morgan fingerprint density at radius 1 is 1.10 bits per heavy atom. The van der Waals surface area contributed by atoms with Gasteiger partial charge in [-0.05, 0) is 18.9 Å². The third kappa shape index (κ3) is 4.07. The summed E-state index contributed by atoms with van der Waals surface area (Å²) in [7, 11) is 1.18. The average molecular weight is 159 g/mol. The molecule has 0 aromatic heterocycles. The van der Waals surface area contributed by atoms with Crippen molar-refractivity contribution in [1.29, 1.82) is 0 Å². The van der Waals surface area contributed by atoms with Crippen LogP contribution in [-0.2, 0) is 0 Å². The molecule has 0 atom stereocenters. The molecule has 1 nitrogen and oxygen atoms in total. The normalized spacial score (nSPS) is 19.8. The number of hydrogen-bond donors (Lipinski definition) is 1. The fourth-order valence-corrected chi connectivity index (χ4v) is 1.97. The molecule has 1 rings (SSSR count). The smallest absolute Gasteiger partial charge is 0.0752 e. The van der Waals surface area contributed by atoms with Crippen LogP contribution in [0.25, 0.3) is 0 Å². The molecule has 0 bridgehead atoms. The van der Waals surface area contributed by atoms with Crippen LogP contribution in [0.3, 0.4) is 0 Å². The van der Waals surface area contributed by atoms with Gasteiger partial charge in [-0.25, -0.2) is 0 Å². The summed E-state index contributed by atoms with van der Waals surface area (Å²) in [6.45, 7) is 4.00. The minimum atomic E-state index is 0.899. The van der Waals surface area contributed by atoms with Gasteiger partial charge in [0.2, 0.25) is 0 Å². The van der Waals surface area contributed by atoms with Gasteiger partial charge >= 0.3 is 0 Å². The van der Waals surface area contributed by atoms with Crippen LogP contribution >= 0.6 is 0 Å². The molecule has 0 aromatic carbocycles. The topological polar surface area (TPSA) is 12.0 Å². The Morgan fingerprint density at radius 3 is 1.90 bits per heavy atom. The van der Waals surface area contributed by atoms with E-state index in [9.17, 15) is 0 Å². The second kappa shape index (κ2) is 7.29. The van der Waals surface area contributed by atoms with Crippen LogP contribution in [0.2, 0.25) is 0 Å². The van der Waals surface area contributed by atoms with Crippen LogP contribution in [0.15, 0.2) is 0 Å². The van der Waals surface area contributed by atoms with Gasteiger partial charge < -0.3 is 4.98 Å². The molecule has 0 saturated heterocycles. The molecule has 0 aromatic rings. The van der Waals surface area contributed by atoms with E-state index < -0.39 is 0 Å². The second-order valence-corrected chi connectivity index (χ2v) is 3.20. The first kappa shape index (κ1) is 10.2. The lowest BCUT2D eigenvalue weighted by Crippen LogP contribution is -2.28. The van der Waals surface area contributed by atoms with Crippen molar-refractivity contribution in [3.05, 3.63) is 0 Å². The van der Waals surface area contributed by atoms with Crippen molar-refractivity contribution in [3.8, 4) is 0 Å². The number of rotatable bonds is 1. The Labute approximate surface area is 68.1 Å². The van der Waals surface area contributed by atoms with E-state index in [4.69, 9.17) is 0 Å². The van der Waals surface area contributed by atoms with Crippen LogP contribution < -0.4 is 4.98 Å². The summed E-state index contributed by atoms with van der Waals surface area (Å²) in [5.41, 5.74) is 0. The molecule has 0 aliphatic heterocycles. The zero-order chi connectivity index (χ0) is 7.82. The van der Waals surface area contributed by atoms with Crippen LogP contribution in [0.4, 0.5) is 0 Å². The largest absolute Gasteiger partial charge is 0.343 e. The van der Waals surface area contributed by atoms with E-state index in [-0.39, 0.29) is 0 Å². The molecule has 62 valence electrons. The number of nitrogens with one attached hydrogen (secondary N) is 1. The van der Waals surface area contributed by atoms with E-state index in [1.165, 1.54) is 42.5 Å². The highest BCUT2D eigenvalue weighted by atomic mass is 28.2. The maximum Gasteiger partial charge on any atom is 0.0752 e. The van der Waals surface area contributed by atoms with Gasteiger partial charge in [0.25, 0.3) is 0 Å². The third-order valence-corrected chi connectivity index (χ3v) is 2.83. The molecular formula is C8H21NSi. The van der Waals surface area contributed by atoms with E-state index in [2.05, 4.69) is 4.98 Å². The molecule has 1 fully saturated rings. The molecule has 0 amide bonds. The highest BCUT2D eigenvalue weighted by molar-refractivity contribution is 6.04. The monoisotopic (exact) mass is 159 g/mol. The van der Waals surface area contributed by atoms with E-state index in [1.807, 2.05) is 13.8 Å². The fourth-order valence-electron chi connectivity index (χ4n) is 1.39. The predicted octanol–water partition coefficient (Wildman–Crippen LogP) is 1.22. The average Bonchev–Trinajstić information content (AvgIpc) is 2.10. The van der Waals surface area contributed by atoms with E-state index in [0.717, 1.165) is 6.04 Å². The summed E-state index contributed by atoms with van der Waals surface area (Å²) < 4.78 is 0.